The number of aromatic nitrogens is 2. The minimum absolute atomic E-state index is 0.530. The van der Waals surface area contributed by atoms with Gasteiger partial charge in [0.1, 0.15) is 6.10 Å². The number of benzene rings is 2. The molecule has 2 aromatic carbocycles. The van der Waals surface area contributed by atoms with Crippen molar-refractivity contribution in [2.45, 2.75) is 25.0 Å². The Morgan fingerprint density at radius 2 is 1.90 bits per heavy atom. The van der Waals surface area contributed by atoms with Crippen molar-refractivity contribution in [1.29, 1.82) is 0 Å². The minimum atomic E-state index is -0.609. The second-order valence-electron chi connectivity index (χ2n) is 5.47. The molecule has 0 aliphatic heterocycles. The summed E-state index contributed by atoms with van der Waals surface area (Å²) in [6.07, 6.45) is 5.37. The van der Waals surface area contributed by atoms with Crippen molar-refractivity contribution in [2.24, 2.45) is 0 Å². The van der Waals surface area contributed by atoms with E-state index in [1.54, 1.807) is 6.20 Å². The third kappa shape index (κ3) is 1.91. The largest absolute Gasteiger partial charge is 0.382 e. The van der Waals surface area contributed by atoms with E-state index < -0.39 is 6.10 Å². The molecule has 1 heterocycles. The fraction of sp³-hybridized carbons (Fsp3) is 0.235. The van der Waals surface area contributed by atoms with Crippen LogP contribution in [0.25, 0.3) is 10.8 Å². The highest BCUT2D eigenvalue weighted by molar-refractivity contribution is 5.83. The van der Waals surface area contributed by atoms with Crippen molar-refractivity contribution in [3.8, 4) is 0 Å². The fourth-order valence-electron chi connectivity index (χ4n) is 2.73. The molecule has 3 aromatic rings. The predicted octanol–water partition coefficient (Wildman–Crippen LogP) is 3.45. The van der Waals surface area contributed by atoms with Crippen LogP contribution >= 0.6 is 0 Å². The van der Waals surface area contributed by atoms with Crippen LogP contribution < -0.4 is 0 Å². The van der Waals surface area contributed by atoms with Crippen LogP contribution in [0.1, 0.15) is 36.2 Å². The Balaban J connectivity index is 1.75. The molecule has 1 atom stereocenters. The molecular formula is C17H16N2O. The molecule has 1 aliphatic rings. The standard InChI is InChI=1S/C17H16N2O/c20-17(16-10-18-11-19(16)15-7-8-15)14-6-5-12-3-1-2-4-13(12)9-14/h1-6,9-11,15,17,20H,7-8H2. The molecular weight excluding hydrogens is 248 g/mol. The molecule has 0 bridgehead atoms. The number of rotatable bonds is 3. The first-order chi connectivity index (χ1) is 9.83. The highest BCUT2D eigenvalue weighted by Gasteiger charge is 2.27. The Morgan fingerprint density at radius 1 is 1.10 bits per heavy atom. The summed E-state index contributed by atoms with van der Waals surface area (Å²) in [5, 5.41) is 13.0. The van der Waals surface area contributed by atoms with Gasteiger partial charge in [-0.2, -0.15) is 0 Å². The molecule has 1 fully saturated rings. The van der Waals surface area contributed by atoms with Gasteiger partial charge in [0.25, 0.3) is 0 Å². The summed E-state index contributed by atoms with van der Waals surface area (Å²) in [6.45, 7) is 0. The first-order valence-electron chi connectivity index (χ1n) is 7.01. The van der Waals surface area contributed by atoms with E-state index in [1.165, 1.54) is 18.2 Å². The Bertz CT molecular complexity index is 758. The van der Waals surface area contributed by atoms with E-state index in [-0.39, 0.29) is 0 Å². The van der Waals surface area contributed by atoms with Gasteiger partial charge in [-0.25, -0.2) is 4.98 Å². The van der Waals surface area contributed by atoms with E-state index in [4.69, 9.17) is 0 Å². The molecule has 1 N–H and O–H groups in total. The summed E-state index contributed by atoms with van der Waals surface area (Å²) in [4.78, 5) is 4.20. The Labute approximate surface area is 117 Å². The summed E-state index contributed by atoms with van der Waals surface area (Å²) in [7, 11) is 0. The zero-order chi connectivity index (χ0) is 13.5. The molecule has 1 unspecified atom stereocenters. The smallest absolute Gasteiger partial charge is 0.121 e. The Hall–Kier alpha value is -2.13. The third-order valence-corrected chi connectivity index (χ3v) is 4.01. The summed E-state index contributed by atoms with van der Waals surface area (Å²) in [5.74, 6) is 0. The molecule has 4 rings (SSSR count). The highest BCUT2D eigenvalue weighted by atomic mass is 16.3. The first kappa shape index (κ1) is 11.7. The number of hydrogen-bond acceptors (Lipinski definition) is 2. The van der Waals surface area contributed by atoms with Crippen molar-refractivity contribution in [2.75, 3.05) is 0 Å². The minimum Gasteiger partial charge on any atom is -0.382 e. The number of fused-ring (bicyclic) bond motifs is 1. The predicted molar refractivity (Wildman–Crippen MR) is 78.5 cm³/mol. The summed E-state index contributed by atoms with van der Waals surface area (Å²) < 4.78 is 2.11. The van der Waals surface area contributed by atoms with Gasteiger partial charge in [-0.1, -0.05) is 36.4 Å². The van der Waals surface area contributed by atoms with Crippen molar-refractivity contribution in [3.63, 3.8) is 0 Å². The lowest BCUT2D eigenvalue weighted by molar-refractivity contribution is 0.210. The van der Waals surface area contributed by atoms with Crippen molar-refractivity contribution in [1.82, 2.24) is 9.55 Å². The van der Waals surface area contributed by atoms with E-state index >= 15 is 0 Å². The number of nitrogens with zero attached hydrogens (tertiary/aromatic N) is 2. The van der Waals surface area contributed by atoms with E-state index in [2.05, 4.69) is 33.8 Å². The van der Waals surface area contributed by atoms with Crippen molar-refractivity contribution >= 4 is 10.8 Å². The molecule has 100 valence electrons. The number of aliphatic hydroxyl groups excluding tert-OH is 1. The molecule has 0 saturated heterocycles. The van der Waals surface area contributed by atoms with Crippen LogP contribution in [-0.4, -0.2) is 14.7 Å². The monoisotopic (exact) mass is 264 g/mol. The molecule has 0 radical (unpaired) electrons. The summed E-state index contributed by atoms with van der Waals surface area (Å²) in [5.41, 5.74) is 1.81. The maximum Gasteiger partial charge on any atom is 0.121 e. The average Bonchev–Trinajstić information content (AvgIpc) is 3.23. The van der Waals surface area contributed by atoms with E-state index in [0.717, 1.165) is 16.6 Å². The molecule has 1 aromatic heterocycles. The Morgan fingerprint density at radius 3 is 2.70 bits per heavy atom. The van der Waals surface area contributed by atoms with Crippen LogP contribution in [0.3, 0.4) is 0 Å². The topological polar surface area (TPSA) is 38.1 Å². The van der Waals surface area contributed by atoms with Gasteiger partial charge in [0, 0.05) is 6.04 Å². The van der Waals surface area contributed by atoms with Crippen LogP contribution in [0.5, 0.6) is 0 Å². The highest BCUT2D eigenvalue weighted by Crippen LogP contribution is 2.38. The molecule has 1 aliphatic carbocycles. The van der Waals surface area contributed by atoms with Gasteiger partial charge in [0.15, 0.2) is 0 Å². The van der Waals surface area contributed by atoms with Crippen LogP contribution in [0.2, 0.25) is 0 Å². The van der Waals surface area contributed by atoms with Gasteiger partial charge in [-0.05, 0) is 35.2 Å². The van der Waals surface area contributed by atoms with Gasteiger partial charge < -0.3 is 9.67 Å². The first-order valence-corrected chi connectivity index (χ1v) is 7.01. The molecule has 1 saturated carbocycles. The van der Waals surface area contributed by atoms with Gasteiger partial charge >= 0.3 is 0 Å². The summed E-state index contributed by atoms with van der Waals surface area (Å²) >= 11 is 0. The lowest BCUT2D eigenvalue weighted by atomic mass is 10.0. The number of aliphatic hydroxyl groups is 1. The number of hydrogen-bond donors (Lipinski definition) is 1. The maximum absolute atomic E-state index is 10.6. The SMILES string of the molecule is OC(c1ccc2ccccc2c1)c1cncn1C1CC1. The van der Waals surface area contributed by atoms with Gasteiger partial charge in [0.05, 0.1) is 18.2 Å². The Kier molecular flexibility index (Phi) is 2.60. The van der Waals surface area contributed by atoms with Crippen LogP contribution in [-0.2, 0) is 0 Å². The quantitative estimate of drug-likeness (QED) is 0.786. The van der Waals surface area contributed by atoms with Crippen LogP contribution in [0.15, 0.2) is 55.0 Å². The second-order valence-corrected chi connectivity index (χ2v) is 5.47. The average molecular weight is 264 g/mol. The van der Waals surface area contributed by atoms with E-state index in [0.29, 0.717) is 6.04 Å². The molecule has 0 amide bonds. The van der Waals surface area contributed by atoms with Crippen LogP contribution in [0.4, 0.5) is 0 Å². The maximum atomic E-state index is 10.6. The zero-order valence-corrected chi connectivity index (χ0v) is 11.1. The zero-order valence-electron chi connectivity index (χ0n) is 11.1. The molecule has 3 nitrogen and oxygen atoms in total. The fourth-order valence-corrected chi connectivity index (χ4v) is 2.73. The lowest BCUT2D eigenvalue weighted by Crippen LogP contribution is -2.07. The van der Waals surface area contributed by atoms with Crippen molar-refractivity contribution < 1.29 is 5.11 Å². The van der Waals surface area contributed by atoms with Gasteiger partial charge in [-0.3, -0.25) is 0 Å². The molecule has 3 heteroatoms. The van der Waals surface area contributed by atoms with Crippen LogP contribution in [0, 0.1) is 0 Å². The van der Waals surface area contributed by atoms with E-state index in [9.17, 15) is 5.11 Å². The van der Waals surface area contributed by atoms with Gasteiger partial charge in [-0.15, -0.1) is 0 Å². The lowest BCUT2D eigenvalue weighted by Gasteiger charge is -2.14. The third-order valence-electron chi connectivity index (χ3n) is 4.01. The molecule has 20 heavy (non-hydrogen) atoms. The van der Waals surface area contributed by atoms with E-state index in [1.807, 2.05) is 24.5 Å². The normalized spacial score (nSPS) is 16.4. The second kappa shape index (κ2) is 4.46. The van der Waals surface area contributed by atoms with Crippen molar-refractivity contribution in [3.05, 3.63) is 66.2 Å². The summed E-state index contributed by atoms with van der Waals surface area (Å²) in [6, 6.07) is 14.9. The van der Waals surface area contributed by atoms with Gasteiger partial charge in [0.2, 0.25) is 0 Å². The number of imidazole rings is 1. The molecule has 0 spiro atoms.